The van der Waals surface area contributed by atoms with E-state index in [0.29, 0.717) is 0 Å². The first-order valence-electron chi connectivity index (χ1n) is 5.32. The molecule has 0 saturated heterocycles. The second-order valence-corrected chi connectivity index (χ2v) is 3.85. The Labute approximate surface area is 107 Å². The maximum Gasteiger partial charge on any atom is 0.307 e. The average Bonchev–Trinajstić information content (AvgIpc) is 2.37. The number of halogens is 1. The molecule has 0 aromatic heterocycles. The molecule has 1 rings (SSSR count). The van der Waals surface area contributed by atoms with Crippen LogP contribution in [0.15, 0.2) is 23.3 Å². The highest BCUT2D eigenvalue weighted by atomic mass is 19.1. The highest BCUT2D eigenvalue weighted by Gasteiger charge is 2.19. The van der Waals surface area contributed by atoms with Gasteiger partial charge in [0.1, 0.15) is 11.9 Å². The third-order valence-corrected chi connectivity index (χ3v) is 2.46. The number of carboxylic acids is 1. The molecule has 0 heterocycles. The van der Waals surface area contributed by atoms with Crippen molar-refractivity contribution in [2.24, 2.45) is 5.11 Å². The molecule has 102 valence electrons. The summed E-state index contributed by atoms with van der Waals surface area (Å²) in [5.74, 6) is -1.95. The number of hydrogen-bond acceptors (Lipinski definition) is 4. The molecular weight excluding hydrogens is 257 g/mol. The Morgan fingerprint density at radius 1 is 1.47 bits per heavy atom. The highest BCUT2D eigenvalue weighted by molar-refractivity contribution is 5.70. The number of carboxylic acid groups (broad SMARTS) is 1. The molecule has 0 aliphatic heterocycles. The molecule has 2 atom stereocenters. The molecule has 0 radical (unpaired) electrons. The maximum absolute atomic E-state index is 13.5. The second kappa shape index (κ2) is 6.69. The lowest BCUT2D eigenvalue weighted by molar-refractivity contribution is -0.136. The highest BCUT2D eigenvalue weighted by Crippen LogP contribution is 2.20. The van der Waals surface area contributed by atoms with Crippen LogP contribution in [0.3, 0.4) is 0 Å². The predicted octanol–water partition coefficient (Wildman–Crippen LogP) is 1.16. The van der Waals surface area contributed by atoms with Gasteiger partial charge in [-0.15, -0.1) is 0 Å². The van der Waals surface area contributed by atoms with Gasteiger partial charge >= 0.3 is 5.97 Å². The van der Waals surface area contributed by atoms with Crippen LogP contribution in [-0.2, 0) is 11.2 Å². The topological polar surface area (TPSA) is 127 Å². The molecule has 1 aromatic rings. The lowest BCUT2D eigenvalue weighted by Crippen LogP contribution is -2.21. The van der Waals surface area contributed by atoms with E-state index >= 15 is 0 Å². The molecule has 0 amide bonds. The van der Waals surface area contributed by atoms with Crippen LogP contribution in [0.4, 0.5) is 4.39 Å². The summed E-state index contributed by atoms with van der Waals surface area (Å²) in [4.78, 5) is 12.9. The Bertz CT molecular complexity index is 517. The zero-order valence-electron chi connectivity index (χ0n) is 9.77. The van der Waals surface area contributed by atoms with Crippen LogP contribution in [-0.4, -0.2) is 33.9 Å². The summed E-state index contributed by atoms with van der Waals surface area (Å²) in [5.41, 5.74) is 8.14. The summed E-state index contributed by atoms with van der Waals surface area (Å²) in [6.45, 7) is -0.351. The molecule has 7 nitrogen and oxygen atoms in total. The fourth-order valence-electron chi connectivity index (χ4n) is 1.50. The number of benzene rings is 1. The van der Waals surface area contributed by atoms with Gasteiger partial charge in [0.25, 0.3) is 0 Å². The molecule has 0 aliphatic carbocycles. The summed E-state index contributed by atoms with van der Waals surface area (Å²) in [7, 11) is 0. The molecule has 0 fully saturated rings. The van der Waals surface area contributed by atoms with E-state index < -0.39 is 30.4 Å². The van der Waals surface area contributed by atoms with Gasteiger partial charge in [-0.1, -0.05) is 17.2 Å². The number of carbonyl (C=O) groups is 1. The Hall–Kier alpha value is -2.15. The monoisotopic (exact) mass is 269 g/mol. The summed E-state index contributed by atoms with van der Waals surface area (Å²) in [5, 5.41) is 30.8. The van der Waals surface area contributed by atoms with Gasteiger partial charge in [-0.05, 0) is 22.7 Å². The molecule has 0 bridgehead atoms. The lowest BCUT2D eigenvalue weighted by Gasteiger charge is -2.16. The Balaban J connectivity index is 2.87. The van der Waals surface area contributed by atoms with Crippen molar-refractivity contribution in [3.05, 3.63) is 45.6 Å². The third kappa shape index (κ3) is 4.22. The van der Waals surface area contributed by atoms with E-state index in [4.69, 9.17) is 10.6 Å². The third-order valence-electron chi connectivity index (χ3n) is 2.46. The van der Waals surface area contributed by atoms with Crippen molar-refractivity contribution in [2.75, 3.05) is 6.54 Å². The van der Waals surface area contributed by atoms with Crippen molar-refractivity contribution in [3.8, 4) is 0 Å². The molecule has 0 aliphatic rings. The molecule has 1 aromatic carbocycles. The fourth-order valence-corrected chi connectivity index (χ4v) is 1.50. The van der Waals surface area contributed by atoms with Crippen molar-refractivity contribution in [2.45, 2.75) is 18.6 Å². The SMILES string of the molecule is [N-]=[N+]=NCC(O)C(O)c1ccc(CC(=O)O)c(F)c1. The molecule has 2 unspecified atom stereocenters. The van der Waals surface area contributed by atoms with Crippen LogP contribution in [0.5, 0.6) is 0 Å². The minimum atomic E-state index is -1.42. The fraction of sp³-hybridized carbons (Fsp3) is 0.364. The minimum absolute atomic E-state index is 0.0204. The van der Waals surface area contributed by atoms with Gasteiger partial charge < -0.3 is 15.3 Å². The van der Waals surface area contributed by atoms with Crippen LogP contribution in [0.2, 0.25) is 0 Å². The van der Waals surface area contributed by atoms with Gasteiger partial charge in [-0.2, -0.15) is 0 Å². The molecular formula is C11H12FN3O4. The van der Waals surface area contributed by atoms with Gasteiger partial charge in [-0.3, -0.25) is 4.79 Å². The van der Waals surface area contributed by atoms with Gasteiger partial charge in [0.15, 0.2) is 0 Å². The summed E-state index contributed by atoms with van der Waals surface area (Å²) >= 11 is 0. The largest absolute Gasteiger partial charge is 0.481 e. The van der Waals surface area contributed by atoms with E-state index in [1.165, 1.54) is 12.1 Å². The number of aliphatic hydroxyl groups excluding tert-OH is 2. The van der Waals surface area contributed by atoms with Crippen LogP contribution in [0, 0.1) is 5.82 Å². The average molecular weight is 269 g/mol. The summed E-state index contributed by atoms with van der Waals surface area (Å²) < 4.78 is 13.5. The van der Waals surface area contributed by atoms with Crippen molar-refractivity contribution in [1.29, 1.82) is 0 Å². The van der Waals surface area contributed by atoms with Crippen LogP contribution in [0.1, 0.15) is 17.2 Å². The van der Waals surface area contributed by atoms with E-state index in [1.54, 1.807) is 0 Å². The van der Waals surface area contributed by atoms with Gasteiger partial charge in [0.2, 0.25) is 0 Å². The van der Waals surface area contributed by atoms with Crippen LogP contribution in [0.25, 0.3) is 10.4 Å². The van der Waals surface area contributed by atoms with Crippen molar-refractivity contribution in [3.63, 3.8) is 0 Å². The van der Waals surface area contributed by atoms with Crippen molar-refractivity contribution >= 4 is 5.97 Å². The number of hydrogen-bond donors (Lipinski definition) is 3. The van der Waals surface area contributed by atoms with Crippen LogP contribution >= 0.6 is 0 Å². The Morgan fingerprint density at radius 2 is 2.16 bits per heavy atom. The van der Waals surface area contributed by atoms with E-state index in [0.717, 1.165) is 6.07 Å². The van der Waals surface area contributed by atoms with Gasteiger partial charge in [0.05, 0.1) is 19.1 Å². The number of aliphatic carboxylic acids is 1. The van der Waals surface area contributed by atoms with Crippen molar-refractivity contribution < 1.29 is 24.5 Å². The minimum Gasteiger partial charge on any atom is -0.481 e. The second-order valence-electron chi connectivity index (χ2n) is 3.85. The molecule has 19 heavy (non-hydrogen) atoms. The Kier molecular flexibility index (Phi) is 5.25. The van der Waals surface area contributed by atoms with Gasteiger partial charge in [-0.25, -0.2) is 4.39 Å². The Morgan fingerprint density at radius 3 is 2.68 bits per heavy atom. The zero-order valence-corrected chi connectivity index (χ0v) is 9.77. The first kappa shape index (κ1) is 14.9. The number of aliphatic hydroxyl groups is 2. The predicted molar refractivity (Wildman–Crippen MR) is 62.7 cm³/mol. The number of nitrogens with zero attached hydrogens (tertiary/aromatic N) is 3. The van der Waals surface area contributed by atoms with E-state index in [2.05, 4.69) is 10.0 Å². The van der Waals surface area contributed by atoms with Crippen LogP contribution < -0.4 is 0 Å². The van der Waals surface area contributed by atoms with E-state index in [-0.39, 0.29) is 17.7 Å². The quantitative estimate of drug-likeness (QED) is 0.406. The lowest BCUT2D eigenvalue weighted by atomic mass is 10.0. The summed E-state index contributed by atoms with van der Waals surface area (Å²) in [6, 6.07) is 3.48. The molecule has 0 saturated carbocycles. The standard InChI is InChI=1S/C11H12FN3O4/c12-8-3-7(2-1-6(8)4-10(17)18)11(19)9(16)5-14-15-13/h1-3,9,11,16,19H,4-5H2,(H,17,18). The maximum atomic E-state index is 13.5. The number of rotatable bonds is 6. The first-order chi connectivity index (χ1) is 8.95. The normalized spacial score (nSPS) is 13.4. The zero-order chi connectivity index (χ0) is 14.4. The van der Waals surface area contributed by atoms with Gasteiger partial charge in [0, 0.05) is 4.91 Å². The molecule has 3 N–H and O–H groups in total. The smallest absolute Gasteiger partial charge is 0.307 e. The number of azide groups is 1. The van der Waals surface area contributed by atoms with E-state index in [9.17, 15) is 19.4 Å². The first-order valence-corrected chi connectivity index (χ1v) is 5.32. The summed E-state index contributed by atoms with van der Waals surface area (Å²) in [6.07, 6.45) is -3.25. The van der Waals surface area contributed by atoms with Crippen molar-refractivity contribution in [1.82, 2.24) is 0 Å². The molecule has 8 heteroatoms. The van der Waals surface area contributed by atoms with E-state index in [1.807, 2.05) is 0 Å². The molecule has 0 spiro atoms.